The van der Waals surface area contributed by atoms with Crippen LogP contribution >= 0.6 is 0 Å². The minimum Gasteiger partial charge on any atom is -0.393 e. The van der Waals surface area contributed by atoms with Gasteiger partial charge in [0.1, 0.15) is 0 Å². The topological polar surface area (TPSA) is 20.2 Å². The molecule has 0 spiro atoms. The van der Waals surface area contributed by atoms with Crippen LogP contribution in [0.2, 0.25) is 0 Å². The third kappa shape index (κ3) is 2.65. The lowest BCUT2D eigenvalue weighted by Crippen LogP contribution is -2.68. The molecular weight excluding hydrogens is 376 g/mol. The molecule has 1 N–H and O–H groups in total. The van der Waals surface area contributed by atoms with E-state index >= 15 is 0 Å². The van der Waals surface area contributed by atoms with Crippen LogP contribution in [0.1, 0.15) is 113 Å². The molecule has 31 heavy (non-hydrogen) atoms. The van der Waals surface area contributed by atoms with E-state index in [4.69, 9.17) is 0 Å². The standard InChI is InChI=1S/C30H50O/c1-19-12-16-28(6)24(31)18-30(8)21(25(28)20(19)2)10-11-23-27(5)15-9-14-26(3,4)22(27)13-17-29(23,30)7/h12,20-25,31H,9-11,13-18H2,1-8H3/t20-,21-,22+,23-,24+,25-,27+,28-,29-,30-/m1/s1. The summed E-state index contributed by atoms with van der Waals surface area (Å²) in [7, 11) is 0. The maximum Gasteiger partial charge on any atom is 0.0605 e. The first-order valence-corrected chi connectivity index (χ1v) is 13.7. The SMILES string of the molecule is CC1=CC[C@@]2(C)[C@H]([C@@H]1C)[C@H]1CC[C@@H]3[C@@]4(C)CCCC(C)(C)[C@@H]4CC[C@@]3(C)[C@]1(C)C[C@@H]2O. The van der Waals surface area contributed by atoms with E-state index in [0.29, 0.717) is 28.1 Å². The Bertz CT molecular complexity index is 779. The van der Waals surface area contributed by atoms with Crippen LogP contribution in [0.3, 0.4) is 0 Å². The van der Waals surface area contributed by atoms with Crippen LogP contribution in [0.15, 0.2) is 11.6 Å². The summed E-state index contributed by atoms with van der Waals surface area (Å²) in [6.07, 6.45) is 14.3. The van der Waals surface area contributed by atoms with Gasteiger partial charge in [-0.15, -0.1) is 0 Å². The Labute approximate surface area is 192 Å². The normalized spacial score (nSPS) is 58.3. The van der Waals surface area contributed by atoms with Gasteiger partial charge in [0.05, 0.1) is 6.10 Å². The zero-order chi connectivity index (χ0) is 22.6. The van der Waals surface area contributed by atoms with Gasteiger partial charge in [-0.2, -0.15) is 0 Å². The number of hydrogen-bond acceptors (Lipinski definition) is 1. The average molecular weight is 427 g/mol. The zero-order valence-corrected chi connectivity index (χ0v) is 21.9. The van der Waals surface area contributed by atoms with Crippen LogP contribution in [-0.4, -0.2) is 11.2 Å². The lowest BCUT2D eigenvalue weighted by atomic mass is 9.31. The molecule has 4 saturated carbocycles. The molecule has 0 aromatic rings. The molecular formula is C30H50O. The second-order valence-electron chi connectivity index (χ2n) is 14.7. The van der Waals surface area contributed by atoms with Crippen molar-refractivity contribution in [2.75, 3.05) is 0 Å². The Hall–Kier alpha value is -0.300. The molecule has 10 atom stereocenters. The summed E-state index contributed by atoms with van der Waals surface area (Å²) in [6.45, 7) is 20.4. The Morgan fingerprint density at radius 3 is 2.26 bits per heavy atom. The molecule has 1 nitrogen and oxygen atoms in total. The zero-order valence-electron chi connectivity index (χ0n) is 21.9. The lowest BCUT2D eigenvalue weighted by molar-refractivity contribution is -0.260. The van der Waals surface area contributed by atoms with Gasteiger partial charge in [0.15, 0.2) is 0 Å². The van der Waals surface area contributed by atoms with Crippen molar-refractivity contribution in [3.63, 3.8) is 0 Å². The third-order valence-electron chi connectivity index (χ3n) is 13.4. The highest BCUT2D eigenvalue weighted by atomic mass is 16.3. The van der Waals surface area contributed by atoms with Crippen molar-refractivity contribution in [3.05, 3.63) is 11.6 Å². The monoisotopic (exact) mass is 426 g/mol. The molecule has 0 heterocycles. The predicted octanol–water partition coefficient (Wildman–Crippen LogP) is 8.02. The highest BCUT2D eigenvalue weighted by Gasteiger charge is 2.70. The Morgan fingerprint density at radius 2 is 1.55 bits per heavy atom. The number of hydrogen-bond donors (Lipinski definition) is 1. The largest absolute Gasteiger partial charge is 0.393 e. The third-order valence-corrected chi connectivity index (χ3v) is 13.4. The van der Waals surface area contributed by atoms with Crippen LogP contribution in [0.4, 0.5) is 0 Å². The van der Waals surface area contributed by atoms with E-state index in [9.17, 15) is 5.11 Å². The van der Waals surface area contributed by atoms with Crippen molar-refractivity contribution in [1.29, 1.82) is 0 Å². The van der Waals surface area contributed by atoms with Crippen LogP contribution in [-0.2, 0) is 0 Å². The summed E-state index contributed by atoms with van der Waals surface area (Å²) in [6, 6.07) is 0. The van der Waals surface area contributed by atoms with E-state index in [1.165, 1.54) is 44.9 Å². The van der Waals surface area contributed by atoms with E-state index < -0.39 is 0 Å². The Kier molecular flexibility index (Phi) is 4.82. The molecule has 1 heteroatoms. The minimum atomic E-state index is -0.158. The molecule has 0 aromatic carbocycles. The summed E-state index contributed by atoms with van der Waals surface area (Å²) in [4.78, 5) is 0. The maximum absolute atomic E-state index is 11.7. The number of aliphatic hydroxyl groups excluding tert-OH is 1. The maximum atomic E-state index is 11.7. The fourth-order valence-electron chi connectivity index (χ4n) is 11.4. The quantitative estimate of drug-likeness (QED) is 0.389. The molecule has 5 aliphatic carbocycles. The smallest absolute Gasteiger partial charge is 0.0605 e. The highest BCUT2D eigenvalue weighted by Crippen LogP contribution is 2.76. The molecule has 0 aliphatic heterocycles. The van der Waals surface area contributed by atoms with E-state index in [2.05, 4.69) is 61.5 Å². The van der Waals surface area contributed by atoms with Crippen molar-refractivity contribution in [2.24, 2.45) is 56.7 Å². The van der Waals surface area contributed by atoms with Gasteiger partial charge in [0.25, 0.3) is 0 Å². The van der Waals surface area contributed by atoms with Gasteiger partial charge < -0.3 is 5.11 Å². The lowest BCUT2D eigenvalue weighted by Gasteiger charge is -2.74. The number of rotatable bonds is 0. The van der Waals surface area contributed by atoms with Crippen molar-refractivity contribution in [2.45, 2.75) is 119 Å². The van der Waals surface area contributed by atoms with Gasteiger partial charge in [0, 0.05) is 5.41 Å². The minimum absolute atomic E-state index is 0.0697. The highest BCUT2D eigenvalue weighted by molar-refractivity contribution is 5.23. The van der Waals surface area contributed by atoms with Gasteiger partial charge in [-0.1, -0.05) is 66.5 Å². The molecule has 5 aliphatic rings. The van der Waals surface area contributed by atoms with Gasteiger partial charge in [-0.25, -0.2) is 0 Å². The number of allylic oxidation sites excluding steroid dienone is 2. The van der Waals surface area contributed by atoms with Gasteiger partial charge in [-0.05, 0) is 110 Å². The second-order valence-corrected chi connectivity index (χ2v) is 14.7. The van der Waals surface area contributed by atoms with E-state index in [-0.39, 0.29) is 16.9 Å². The predicted molar refractivity (Wildman–Crippen MR) is 131 cm³/mol. The molecule has 0 unspecified atom stereocenters. The van der Waals surface area contributed by atoms with Gasteiger partial charge >= 0.3 is 0 Å². The van der Waals surface area contributed by atoms with Crippen molar-refractivity contribution in [3.8, 4) is 0 Å². The summed E-state index contributed by atoms with van der Waals surface area (Å²) < 4.78 is 0. The van der Waals surface area contributed by atoms with E-state index in [1.54, 1.807) is 5.57 Å². The molecule has 4 fully saturated rings. The molecule has 0 bridgehead atoms. The molecule has 0 saturated heterocycles. The van der Waals surface area contributed by atoms with Crippen LogP contribution < -0.4 is 0 Å². The Balaban J connectivity index is 1.58. The number of aliphatic hydroxyl groups is 1. The van der Waals surface area contributed by atoms with E-state index in [0.717, 1.165) is 30.6 Å². The summed E-state index contributed by atoms with van der Waals surface area (Å²) in [5.41, 5.74) is 3.27. The fraction of sp³-hybridized carbons (Fsp3) is 0.933. The van der Waals surface area contributed by atoms with Crippen molar-refractivity contribution < 1.29 is 5.11 Å². The van der Waals surface area contributed by atoms with Gasteiger partial charge in [-0.3, -0.25) is 0 Å². The first kappa shape index (κ1) is 22.5. The first-order valence-electron chi connectivity index (χ1n) is 13.7. The second kappa shape index (κ2) is 6.64. The fourth-order valence-corrected chi connectivity index (χ4v) is 11.4. The number of fused-ring (bicyclic) bond motifs is 7. The molecule has 0 radical (unpaired) electrons. The molecule has 5 rings (SSSR count). The van der Waals surface area contributed by atoms with E-state index in [1.807, 2.05) is 0 Å². The van der Waals surface area contributed by atoms with Crippen molar-refractivity contribution >= 4 is 0 Å². The van der Waals surface area contributed by atoms with Crippen LogP contribution in [0.25, 0.3) is 0 Å². The van der Waals surface area contributed by atoms with Crippen LogP contribution in [0.5, 0.6) is 0 Å². The summed E-state index contributed by atoms with van der Waals surface area (Å²) in [5.74, 6) is 3.71. The van der Waals surface area contributed by atoms with Crippen LogP contribution in [0, 0.1) is 56.7 Å². The summed E-state index contributed by atoms with van der Waals surface area (Å²) in [5, 5.41) is 11.7. The molecule has 176 valence electrons. The van der Waals surface area contributed by atoms with Crippen molar-refractivity contribution in [1.82, 2.24) is 0 Å². The summed E-state index contributed by atoms with van der Waals surface area (Å²) >= 11 is 0. The first-order chi connectivity index (χ1) is 14.3. The molecule has 0 aromatic heterocycles. The van der Waals surface area contributed by atoms with Gasteiger partial charge in [0.2, 0.25) is 0 Å². The molecule has 0 amide bonds. The Morgan fingerprint density at radius 1 is 0.839 bits per heavy atom. The average Bonchev–Trinajstić information content (AvgIpc) is 2.66.